The minimum atomic E-state index is -4.40. The molecule has 1 aliphatic carbocycles. The van der Waals surface area contributed by atoms with Gasteiger partial charge in [0.25, 0.3) is 15.7 Å². The van der Waals surface area contributed by atoms with Gasteiger partial charge in [-0.2, -0.15) is 4.31 Å². The standard InChI is InChI=1S/C24H26FN3O7S/c1-15-23(29)26(12-13-27(15)36(33,34)21-9-4-3-8-19(21)28(31)32)20(24(30)35-2)14-17-11-10-16-6-5-7-18(16)22(17)25/h3-4,8-11,15,20H,5-7,12-14H2,1-2H3/t15-,20-/m0/s1. The zero-order chi connectivity index (χ0) is 26.2. The number of rotatable bonds is 7. The van der Waals surface area contributed by atoms with E-state index in [2.05, 4.69) is 0 Å². The van der Waals surface area contributed by atoms with Crippen molar-refractivity contribution in [1.82, 2.24) is 9.21 Å². The molecule has 2 atom stereocenters. The predicted octanol–water partition coefficient (Wildman–Crippen LogP) is 2.23. The van der Waals surface area contributed by atoms with Crippen LogP contribution in [0, 0.1) is 15.9 Å². The fourth-order valence-electron chi connectivity index (χ4n) is 4.96. The van der Waals surface area contributed by atoms with Crippen molar-refractivity contribution in [2.45, 2.75) is 49.6 Å². The van der Waals surface area contributed by atoms with Crippen LogP contribution in [0.2, 0.25) is 0 Å². The second kappa shape index (κ2) is 9.94. The number of hydrogen-bond donors (Lipinski definition) is 0. The van der Waals surface area contributed by atoms with Crippen molar-refractivity contribution in [2.24, 2.45) is 0 Å². The van der Waals surface area contributed by atoms with E-state index < -0.39 is 55.3 Å². The Morgan fingerprint density at radius 1 is 1.22 bits per heavy atom. The van der Waals surface area contributed by atoms with Gasteiger partial charge in [-0.1, -0.05) is 24.3 Å². The molecule has 10 nitrogen and oxygen atoms in total. The average Bonchev–Trinajstić information content (AvgIpc) is 3.35. The van der Waals surface area contributed by atoms with Gasteiger partial charge in [-0.25, -0.2) is 17.6 Å². The molecule has 0 bridgehead atoms. The zero-order valence-electron chi connectivity index (χ0n) is 19.8. The molecule has 12 heteroatoms. The van der Waals surface area contributed by atoms with Crippen LogP contribution in [0.1, 0.15) is 30.0 Å². The van der Waals surface area contributed by atoms with Crippen molar-refractivity contribution in [2.75, 3.05) is 20.2 Å². The van der Waals surface area contributed by atoms with Crippen LogP contribution in [0.25, 0.3) is 0 Å². The lowest BCUT2D eigenvalue weighted by molar-refractivity contribution is -0.387. The van der Waals surface area contributed by atoms with E-state index in [1.165, 1.54) is 24.0 Å². The summed E-state index contributed by atoms with van der Waals surface area (Å²) in [6.07, 6.45) is 2.12. The van der Waals surface area contributed by atoms with E-state index in [4.69, 9.17) is 4.74 Å². The van der Waals surface area contributed by atoms with Gasteiger partial charge < -0.3 is 9.64 Å². The van der Waals surface area contributed by atoms with Gasteiger partial charge in [-0.3, -0.25) is 14.9 Å². The van der Waals surface area contributed by atoms with E-state index in [1.54, 1.807) is 6.07 Å². The molecule has 0 radical (unpaired) electrons. The average molecular weight is 520 g/mol. The summed E-state index contributed by atoms with van der Waals surface area (Å²) >= 11 is 0. The number of piperazine rings is 1. The van der Waals surface area contributed by atoms with Crippen LogP contribution in [0.5, 0.6) is 0 Å². The fourth-order valence-corrected chi connectivity index (χ4v) is 6.69. The fraction of sp³-hybridized carbons (Fsp3) is 0.417. The van der Waals surface area contributed by atoms with Crippen LogP contribution < -0.4 is 0 Å². The molecule has 36 heavy (non-hydrogen) atoms. The summed E-state index contributed by atoms with van der Waals surface area (Å²) in [7, 11) is -3.23. The molecule has 0 spiro atoms. The first-order valence-electron chi connectivity index (χ1n) is 11.5. The lowest BCUT2D eigenvalue weighted by Crippen LogP contribution is -2.61. The maximum atomic E-state index is 15.2. The quantitative estimate of drug-likeness (QED) is 0.312. The van der Waals surface area contributed by atoms with Crippen molar-refractivity contribution in [3.05, 3.63) is 69.0 Å². The van der Waals surface area contributed by atoms with Gasteiger partial charge in [0.2, 0.25) is 5.91 Å². The highest BCUT2D eigenvalue weighted by molar-refractivity contribution is 7.89. The Bertz CT molecular complexity index is 1330. The third kappa shape index (κ3) is 4.46. The monoisotopic (exact) mass is 519 g/mol. The van der Waals surface area contributed by atoms with E-state index >= 15 is 4.39 Å². The highest BCUT2D eigenvalue weighted by atomic mass is 32.2. The second-order valence-electron chi connectivity index (χ2n) is 8.82. The van der Waals surface area contributed by atoms with Crippen molar-refractivity contribution < 1.29 is 32.1 Å². The summed E-state index contributed by atoms with van der Waals surface area (Å²) in [6, 6.07) is 5.94. The number of nitro benzene ring substituents is 1. The summed E-state index contributed by atoms with van der Waals surface area (Å²) in [5.41, 5.74) is 1.24. The van der Waals surface area contributed by atoms with Gasteiger partial charge in [0, 0.05) is 25.6 Å². The van der Waals surface area contributed by atoms with E-state index in [-0.39, 0.29) is 25.1 Å². The maximum Gasteiger partial charge on any atom is 0.328 e. The molecule has 0 aromatic heterocycles. The minimum Gasteiger partial charge on any atom is -0.467 e. The number of carbonyl (C=O) groups excluding carboxylic acids is 2. The highest BCUT2D eigenvalue weighted by Gasteiger charge is 2.45. The molecular formula is C24H26FN3O7S. The van der Waals surface area contributed by atoms with E-state index in [0.29, 0.717) is 12.0 Å². The molecule has 2 aromatic carbocycles. The minimum absolute atomic E-state index is 0.124. The molecule has 0 unspecified atom stereocenters. The molecule has 1 heterocycles. The van der Waals surface area contributed by atoms with E-state index in [9.17, 15) is 28.1 Å². The molecule has 192 valence electrons. The van der Waals surface area contributed by atoms with E-state index in [0.717, 1.165) is 42.0 Å². The van der Waals surface area contributed by atoms with Crippen LogP contribution >= 0.6 is 0 Å². The Balaban J connectivity index is 1.62. The van der Waals surface area contributed by atoms with Crippen molar-refractivity contribution in [3.8, 4) is 0 Å². The topological polar surface area (TPSA) is 127 Å². The first kappa shape index (κ1) is 25.7. The van der Waals surface area contributed by atoms with Crippen molar-refractivity contribution in [3.63, 3.8) is 0 Å². The SMILES string of the molecule is COC(=O)[C@H](Cc1ccc2c(c1F)CCC2)N1CCN(S(=O)(=O)c2ccccc2[N+](=O)[O-])[C@@H](C)C1=O. The molecule has 1 saturated heterocycles. The number of nitrogens with zero attached hydrogens (tertiary/aromatic N) is 3. The molecule has 0 saturated carbocycles. The van der Waals surface area contributed by atoms with Crippen LogP contribution in [0.4, 0.5) is 10.1 Å². The molecule has 2 aliphatic rings. The number of carbonyl (C=O) groups is 2. The number of nitro groups is 1. The third-order valence-corrected chi connectivity index (χ3v) is 8.86. The molecule has 2 aromatic rings. The summed E-state index contributed by atoms with van der Waals surface area (Å²) < 4.78 is 47.5. The lowest BCUT2D eigenvalue weighted by atomic mass is 9.98. The van der Waals surface area contributed by atoms with Gasteiger partial charge in [0.1, 0.15) is 17.9 Å². The normalized spacial score (nSPS) is 19.1. The lowest BCUT2D eigenvalue weighted by Gasteiger charge is -2.41. The highest BCUT2D eigenvalue weighted by Crippen LogP contribution is 2.31. The Morgan fingerprint density at radius 2 is 1.94 bits per heavy atom. The maximum absolute atomic E-state index is 15.2. The number of benzene rings is 2. The summed E-state index contributed by atoms with van der Waals surface area (Å²) in [5, 5.41) is 11.4. The number of aryl methyl sites for hydroxylation is 1. The van der Waals surface area contributed by atoms with Gasteiger partial charge in [-0.05, 0) is 48.9 Å². The number of esters is 1. The Kier molecular flexibility index (Phi) is 7.10. The molecule has 4 rings (SSSR count). The molecule has 1 amide bonds. The predicted molar refractivity (Wildman–Crippen MR) is 126 cm³/mol. The van der Waals surface area contributed by atoms with Crippen LogP contribution in [0.3, 0.4) is 0 Å². The Labute approximate surface area is 207 Å². The summed E-state index contributed by atoms with van der Waals surface area (Å²) in [6.45, 7) is 0.974. The summed E-state index contributed by atoms with van der Waals surface area (Å²) in [5.74, 6) is -1.82. The van der Waals surface area contributed by atoms with Crippen LogP contribution in [-0.2, 0) is 43.6 Å². The summed E-state index contributed by atoms with van der Waals surface area (Å²) in [4.78, 5) is 37.3. The zero-order valence-corrected chi connectivity index (χ0v) is 20.7. The van der Waals surface area contributed by atoms with Gasteiger partial charge in [-0.15, -0.1) is 0 Å². The van der Waals surface area contributed by atoms with Gasteiger partial charge in [0.15, 0.2) is 4.90 Å². The van der Waals surface area contributed by atoms with Gasteiger partial charge >= 0.3 is 5.97 Å². The number of para-hydroxylation sites is 1. The van der Waals surface area contributed by atoms with Crippen LogP contribution in [-0.4, -0.2) is 66.7 Å². The van der Waals surface area contributed by atoms with Crippen molar-refractivity contribution in [1.29, 1.82) is 0 Å². The number of fused-ring (bicyclic) bond motifs is 1. The number of methoxy groups -OCH3 is 1. The second-order valence-corrected chi connectivity index (χ2v) is 10.7. The Hall–Kier alpha value is -3.38. The smallest absolute Gasteiger partial charge is 0.328 e. The van der Waals surface area contributed by atoms with Crippen molar-refractivity contribution >= 4 is 27.6 Å². The Morgan fingerprint density at radius 3 is 2.64 bits per heavy atom. The van der Waals surface area contributed by atoms with E-state index in [1.807, 2.05) is 6.07 Å². The number of hydrogen-bond acceptors (Lipinski definition) is 7. The first-order valence-corrected chi connectivity index (χ1v) is 12.9. The number of sulfonamides is 1. The van der Waals surface area contributed by atoms with Crippen LogP contribution in [0.15, 0.2) is 41.3 Å². The number of halogens is 1. The third-order valence-electron chi connectivity index (χ3n) is 6.84. The van der Waals surface area contributed by atoms with Gasteiger partial charge in [0.05, 0.1) is 12.0 Å². The number of ether oxygens (including phenoxy) is 1. The molecule has 0 N–H and O–H groups in total. The number of amides is 1. The molecular weight excluding hydrogens is 493 g/mol. The first-order chi connectivity index (χ1) is 17.1. The largest absolute Gasteiger partial charge is 0.467 e. The molecule has 1 fully saturated rings. The molecule has 1 aliphatic heterocycles.